The molecule has 0 bridgehead atoms. The van der Waals surface area contributed by atoms with Gasteiger partial charge < -0.3 is 10.4 Å². The van der Waals surface area contributed by atoms with Crippen LogP contribution in [0.1, 0.15) is 19.8 Å². The van der Waals surface area contributed by atoms with E-state index in [0.717, 1.165) is 0 Å². The number of carboxylic acid groups (broad SMARTS) is 1. The third-order valence-electron chi connectivity index (χ3n) is 3.65. The summed E-state index contributed by atoms with van der Waals surface area (Å²) >= 11 is 0. The lowest BCUT2D eigenvalue weighted by atomic mass is 9.95. The summed E-state index contributed by atoms with van der Waals surface area (Å²) in [6, 6.07) is 1.82. The van der Waals surface area contributed by atoms with E-state index in [4.69, 9.17) is 5.11 Å². The van der Waals surface area contributed by atoms with Crippen LogP contribution in [-0.4, -0.2) is 33.3 Å². The lowest BCUT2D eigenvalue weighted by Crippen LogP contribution is -2.36. The number of amides is 1. The van der Waals surface area contributed by atoms with Crippen LogP contribution in [0.25, 0.3) is 0 Å². The molecule has 1 amide bonds. The van der Waals surface area contributed by atoms with E-state index in [0.29, 0.717) is 31.8 Å². The molecule has 2 N–H and O–H groups in total. The van der Waals surface area contributed by atoms with Crippen molar-refractivity contribution in [1.29, 1.82) is 0 Å². The fourth-order valence-electron chi connectivity index (χ4n) is 2.71. The molecule has 1 fully saturated rings. The Balaban J connectivity index is 1.83. The van der Waals surface area contributed by atoms with Crippen LogP contribution < -0.4 is 5.32 Å². The number of aromatic nitrogens is 2. The first kappa shape index (κ1) is 13.6. The highest BCUT2D eigenvalue weighted by Crippen LogP contribution is 2.36. The average Bonchev–Trinajstić information content (AvgIpc) is 2.98. The van der Waals surface area contributed by atoms with E-state index in [1.165, 1.54) is 0 Å². The zero-order chi connectivity index (χ0) is 13.8. The van der Waals surface area contributed by atoms with Crippen molar-refractivity contribution in [1.82, 2.24) is 15.1 Å². The second-order valence-electron chi connectivity index (χ2n) is 5.19. The Hall–Kier alpha value is -1.85. The lowest BCUT2D eigenvalue weighted by molar-refractivity contribution is -0.146. The van der Waals surface area contributed by atoms with Gasteiger partial charge in [0, 0.05) is 18.9 Å². The van der Waals surface area contributed by atoms with Crippen LogP contribution >= 0.6 is 0 Å². The number of aliphatic carboxylic acids is 1. The highest BCUT2D eigenvalue weighted by atomic mass is 16.4. The minimum atomic E-state index is -0.864. The molecule has 0 aromatic carbocycles. The summed E-state index contributed by atoms with van der Waals surface area (Å²) < 4.78 is 1.73. The first-order chi connectivity index (χ1) is 9.08. The van der Waals surface area contributed by atoms with Gasteiger partial charge in [-0.25, -0.2) is 0 Å². The molecular formula is C13H19N3O3. The van der Waals surface area contributed by atoms with E-state index in [1.54, 1.807) is 10.9 Å². The van der Waals surface area contributed by atoms with Gasteiger partial charge in [0.2, 0.25) is 5.91 Å². The summed E-state index contributed by atoms with van der Waals surface area (Å²) in [6.07, 6.45) is 4.75. The molecule has 0 radical (unpaired) electrons. The summed E-state index contributed by atoms with van der Waals surface area (Å²) in [5.41, 5.74) is 0. The maximum atomic E-state index is 12.0. The molecule has 0 spiro atoms. The van der Waals surface area contributed by atoms with E-state index >= 15 is 0 Å². The number of rotatable bonds is 5. The zero-order valence-corrected chi connectivity index (χ0v) is 11.0. The molecule has 2 rings (SSSR count). The molecule has 1 aromatic heterocycles. The fraction of sp³-hybridized carbons (Fsp3) is 0.615. The molecular weight excluding hydrogens is 246 g/mol. The fourth-order valence-corrected chi connectivity index (χ4v) is 2.71. The van der Waals surface area contributed by atoms with Crippen LogP contribution in [0.5, 0.6) is 0 Å². The smallest absolute Gasteiger partial charge is 0.307 e. The largest absolute Gasteiger partial charge is 0.481 e. The summed E-state index contributed by atoms with van der Waals surface area (Å²) in [5, 5.41) is 16.0. The highest BCUT2D eigenvalue weighted by molar-refractivity contribution is 5.85. The van der Waals surface area contributed by atoms with Crippen molar-refractivity contribution in [2.75, 3.05) is 6.54 Å². The van der Waals surface area contributed by atoms with E-state index in [-0.39, 0.29) is 5.91 Å². The number of carboxylic acids is 1. The number of carbonyl (C=O) groups is 2. The first-order valence-corrected chi connectivity index (χ1v) is 6.56. The van der Waals surface area contributed by atoms with Crippen molar-refractivity contribution in [2.24, 2.45) is 17.8 Å². The monoisotopic (exact) mass is 265 g/mol. The number of hydrogen-bond donors (Lipinski definition) is 2. The molecule has 3 unspecified atom stereocenters. The van der Waals surface area contributed by atoms with E-state index < -0.39 is 17.8 Å². The maximum Gasteiger partial charge on any atom is 0.307 e. The lowest BCUT2D eigenvalue weighted by Gasteiger charge is -2.15. The van der Waals surface area contributed by atoms with Crippen molar-refractivity contribution >= 4 is 11.9 Å². The molecule has 1 heterocycles. The topological polar surface area (TPSA) is 84.2 Å². The predicted octanol–water partition coefficient (Wildman–Crippen LogP) is 0.746. The Kier molecular flexibility index (Phi) is 4.19. The van der Waals surface area contributed by atoms with Crippen molar-refractivity contribution in [3.63, 3.8) is 0 Å². The third-order valence-corrected chi connectivity index (χ3v) is 3.65. The van der Waals surface area contributed by atoms with Gasteiger partial charge in [-0.3, -0.25) is 14.3 Å². The zero-order valence-electron chi connectivity index (χ0n) is 11.0. The molecule has 104 valence electrons. The van der Waals surface area contributed by atoms with Gasteiger partial charge in [0.1, 0.15) is 0 Å². The minimum absolute atomic E-state index is 0.149. The summed E-state index contributed by atoms with van der Waals surface area (Å²) in [4.78, 5) is 23.2. The Bertz CT molecular complexity index is 444. The van der Waals surface area contributed by atoms with Crippen LogP contribution in [-0.2, 0) is 16.1 Å². The first-order valence-electron chi connectivity index (χ1n) is 6.56. The Morgan fingerprint density at radius 2 is 2.16 bits per heavy atom. The van der Waals surface area contributed by atoms with Gasteiger partial charge in [0.25, 0.3) is 0 Å². The Morgan fingerprint density at radius 3 is 2.79 bits per heavy atom. The van der Waals surface area contributed by atoms with E-state index in [2.05, 4.69) is 10.4 Å². The van der Waals surface area contributed by atoms with Crippen LogP contribution in [0.3, 0.4) is 0 Å². The van der Waals surface area contributed by atoms with Crippen LogP contribution in [0, 0.1) is 17.8 Å². The summed E-state index contributed by atoms with van der Waals surface area (Å²) in [6.45, 7) is 3.06. The van der Waals surface area contributed by atoms with Gasteiger partial charge in [-0.15, -0.1) is 0 Å². The predicted molar refractivity (Wildman–Crippen MR) is 68.3 cm³/mol. The summed E-state index contributed by atoms with van der Waals surface area (Å²) in [5.74, 6) is -1.66. The molecule has 6 heteroatoms. The molecule has 1 aromatic rings. The normalized spacial score (nSPS) is 26.3. The van der Waals surface area contributed by atoms with E-state index in [1.807, 2.05) is 19.2 Å². The molecule has 0 aliphatic heterocycles. The standard InChI is InChI=1S/C13H19N3O3/c1-9-7-10(11(8-9)13(18)19)12(17)14-4-6-16-5-2-3-15-16/h2-3,5,9-11H,4,6-8H2,1H3,(H,14,17)(H,18,19). The summed E-state index contributed by atoms with van der Waals surface area (Å²) in [7, 11) is 0. The maximum absolute atomic E-state index is 12.0. The number of carbonyl (C=O) groups excluding carboxylic acids is 1. The molecule has 19 heavy (non-hydrogen) atoms. The van der Waals surface area contributed by atoms with Gasteiger partial charge >= 0.3 is 5.97 Å². The number of hydrogen-bond acceptors (Lipinski definition) is 3. The molecule has 1 saturated carbocycles. The van der Waals surface area contributed by atoms with Gasteiger partial charge in [0.15, 0.2) is 0 Å². The van der Waals surface area contributed by atoms with Gasteiger partial charge in [-0.2, -0.15) is 5.10 Å². The van der Waals surface area contributed by atoms with Crippen molar-refractivity contribution in [2.45, 2.75) is 26.3 Å². The van der Waals surface area contributed by atoms with Crippen molar-refractivity contribution in [3.05, 3.63) is 18.5 Å². The van der Waals surface area contributed by atoms with Gasteiger partial charge in [0.05, 0.1) is 18.4 Å². The molecule has 0 saturated heterocycles. The van der Waals surface area contributed by atoms with Gasteiger partial charge in [-0.05, 0) is 24.8 Å². The highest BCUT2D eigenvalue weighted by Gasteiger charge is 2.40. The number of nitrogens with one attached hydrogen (secondary N) is 1. The van der Waals surface area contributed by atoms with Crippen LogP contribution in [0.2, 0.25) is 0 Å². The van der Waals surface area contributed by atoms with Gasteiger partial charge in [-0.1, -0.05) is 6.92 Å². The van der Waals surface area contributed by atoms with Crippen LogP contribution in [0.4, 0.5) is 0 Å². The second-order valence-corrected chi connectivity index (χ2v) is 5.19. The van der Waals surface area contributed by atoms with Crippen LogP contribution in [0.15, 0.2) is 18.5 Å². The molecule has 3 atom stereocenters. The van der Waals surface area contributed by atoms with Crippen molar-refractivity contribution in [3.8, 4) is 0 Å². The van der Waals surface area contributed by atoms with Crippen molar-refractivity contribution < 1.29 is 14.7 Å². The quantitative estimate of drug-likeness (QED) is 0.822. The molecule has 1 aliphatic carbocycles. The minimum Gasteiger partial charge on any atom is -0.481 e. The molecule has 6 nitrogen and oxygen atoms in total. The SMILES string of the molecule is CC1CC(C(=O)O)C(C(=O)NCCn2cccn2)C1. The Labute approximate surface area is 111 Å². The Morgan fingerprint density at radius 1 is 1.42 bits per heavy atom. The molecule has 1 aliphatic rings. The second kappa shape index (κ2) is 5.86. The third kappa shape index (κ3) is 3.33. The number of nitrogens with zero attached hydrogens (tertiary/aromatic N) is 2. The average molecular weight is 265 g/mol. The van der Waals surface area contributed by atoms with E-state index in [9.17, 15) is 9.59 Å².